The van der Waals surface area contributed by atoms with E-state index in [0.717, 1.165) is 28.0 Å². The maximum atomic E-state index is 11.4. The van der Waals surface area contributed by atoms with Crippen molar-refractivity contribution < 1.29 is 14.6 Å². The van der Waals surface area contributed by atoms with E-state index in [1.165, 1.54) is 6.20 Å². The van der Waals surface area contributed by atoms with E-state index in [1.54, 1.807) is 0 Å². The zero-order valence-electron chi connectivity index (χ0n) is 14.0. The summed E-state index contributed by atoms with van der Waals surface area (Å²) >= 11 is 0. The summed E-state index contributed by atoms with van der Waals surface area (Å²) in [5, 5.41) is 10.0. The maximum absolute atomic E-state index is 11.4. The summed E-state index contributed by atoms with van der Waals surface area (Å²) in [4.78, 5) is 14.4. The Balaban J connectivity index is 1.62. The van der Waals surface area contributed by atoms with E-state index in [9.17, 15) is 9.90 Å². The molecule has 4 rings (SSSR count). The van der Waals surface area contributed by atoms with Gasteiger partial charge in [0.15, 0.2) is 0 Å². The second-order valence-corrected chi connectivity index (χ2v) is 6.07. The van der Waals surface area contributed by atoms with Gasteiger partial charge in [0.05, 0.1) is 5.56 Å². The van der Waals surface area contributed by atoms with Crippen LogP contribution in [0.3, 0.4) is 0 Å². The molecule has 0 unspecified atom stereocenters. The van der Waals surface area contributed by atoms with Gasteiger partial charge in [-0.05, 0) is 41.0 Å². The van der Waals surface area contributed by atoms with Gasteiger partial charge in [0.2, 0.25) is 0 Å². The van der Waals surface area contributed by atoms with Crippen molar-refractivity contribution in [3.63, 3.8) is 0 Å². The number of benzene rings is 3. The van der Waals surface area contributed by atoms with Crippen LogP contribution < -0.4 is 4.74 Å². The second-order valence-electron chi connectivity index (χ2n) is 6.07. The molecule has 0 amide bonds. The number of hydrogen-bond acceptors (Lipinski definition) is 2. The van der Waals surface area contributed by atoms with Crippen LogP contribution >= 0.6 is 0 Å². The molecule has 4 aromatic rings. The molecule has 0 radical (unpaired) electrons. The van der Waals surface area contributed by atoms with Crippen molar-refractivity contribution >= 4 is 16.9 Å². The number of carbonyl (C=O) groups is 1. The molecule has 3 aromatic carbocycles. The van der Waals surface area contributed by atoms with Crippen LogP contribution in [-0.2, 0) is 6.61 Å². The minimum absolute atomic E-state index is 0.276. The molecule has 2 N–H and O–H groups in total. The average molecular weight is 343 g/mol. The zero-order chi connectivity index (χ0) is 17.9. The van der Waals surface area contributed by atoms with Gasteiger partial charge in [0.25, 0.3) is 0 Å². The van der Waals surface area contributed by atoms with Gasteiger partial charge < -0.3 is 14.8 Å². The van der Waals surface area contributed by atoms with Crippen LogP contribution in [0.2, 0.25) is 0 Å². The molecule has 0 aliphatic carbocycles. The quantitative estimate of drug-likeness (QED) is 0.529. The molecule has 0 spiro atoms. The normalized spacial score (nSPS) is 10.8. The molecule has 1 aromatic heterocycles. The summed E-state index contributed by atoms with van der Waals surface area (Å²) in [5.74, 6) is -0.160. The Morgan fingerprint density at radius 3 is 2.54 bits per heavy atom. The van der Waals surface area contributed by atoms with Crippen molar-refractivity contribution in [3.8, 4) is 16.9 Å². The highest BCUT2D eigenvalue weighted by Gasteiger charge is 2.11. The van der Waals surface area contributed by atoms with E-state index in [-0.39, 0.29) is 5.56 Å². The molecule has 0 aliphatic heterocycles. The molecule has 0 fully saturated rings. The number of hydrogen-bond donors (Lipinski definition) is 2. The minimum Gasteiger partial charge on any atom is -0.489 e. The van der Waals surface area contributed by atoms with Gasteiger partial charge in [-0.15, -0.1) is 0 Å². The number of aromatic amines is 1. The highest BCUT2D eigenvalue weighted by molar-refractivity contribution is 6.04. The fraction of sp³-hybridized carbons (Fsp3) is 0.0455. The summed E-state index contributed by atoms with van der Waals surface area (Å²) in [5.41, 5.74) is 4.12. The first-order chi connectivity index (χ1) is 12.7. The van der Waals surface area contributed by atoms with Gasteiger partial charge >= 0.3 is 5.97 Å². The predicted octanol–water partition coefficient (Wildman–Crippen LogP) is 5.11. The summed E-state index contributed by atoms with van der Waals surface area (Å²) in [6.07, 6.45) is 1.52. The Morgan fingerprint density at radius 2 is 1.73 bits per heavy atom. The number of carboxylic acid groups (broad SMARTS) is 1. The molecule has 4 nitrogen and oxygen atoms in total. The van der Waals surface area contributed by atoms with Crippen molar-refractivity contribution in [2.45, 2.75) is 6.61 Å². The van der Waals surface area contributed by atoms with Crippen LogP contribution in [0.25, 0.3) is 22.0 Å². The predicted molar refractivity (Wildman–Crippen MR) is 101 cm³/mol. The topological polar surface area (TPSA) is 62.3 Å². The van der Waals surface area contributed by atoms with Gasteiger partial charge in [-0.2, -0.15) is 0 Å². The Labute approximate surface area is 150 Å². The van der Waals surface area contributed by atoms with Crippen LogP contribution in [-0.4, -0.2) is 16.1 Å². The summed E-state index contributed by atoms with van der Waals surface area (Å²) < 4.78 is 5.89. The number of rotatable bonds is 5. The molecule has 1 heterocycles. The van der Waals surface area contributed by atoms with E-state index in [0.29, 0.717) is 12.0 Å². The first kappa shape index (κ1) is 16.0. The molecule has 4 heteroatoms. The first-order valence-corrected chi connectivity index (χ1v) is 8.32. The first-order valence-electron chi connectivity index (χ1n) is 8.32. The molecule has 0 bridgehead atoms. The van der Waals surface area contributed by atoms with Crippen molar-refractivity contribution in [2.24, 2.45) is 0 Å². The lowest BCUT2D eigenvalue weighted by atomic mass is 10.0. The van der Waals surface area contributed by atoms with Gasteiger partial charge in [-0.25, -0.2) is 4.79 Å². The van der Waals surface area contributed by atoms with Gasteiger partial charge in [0.1, 0.15) is 12.4 Å². The number of aromatic carboxylic acids is 1. The SMILES string of the molecule is O=C(O)c1c[nH]c2ccc(-c3cccc(OCc4ccccc4)c3)cc12. The van der Waals surface area contributed by atoms with Gasteiger partial charge in [-0.1, -0.05) is 48.5 Å². The second kappa shape index (κ2) is 6.76. The fourth-order valence-corrected chi connectivity index (χ4v) is 2.98. The molecular formula is C22H17NO3. The Hall–Kier alpha value is -3.53. The molecule has 128 valence electrons. The lowest BCUT2D eigenvalue weighted by Gasteiger charge is -2.09. The number of aromatic nitrogens is 1. The molecule has 0 atom stereocenters. The van der Waals surface area contributed by atoms with E-state index in [2.05, 4.69) is 4.98 Å². The number of fused-ring (bicyclic) bond motifs is 1. The van der Waals surface area contributed by atoms with Crippen LogP contribution in [0.5, 0.6) is 5.75 Å². The standard InChI is InChI=1S/C22H17NO3/c24-22(25)20-13-23-21-10-9-17(12-19(20)21)16-7-4-8-18(11-16)26-14-15-5-2-1-3-6-15/h1-13,23H,14H2,(H,24,25). The van der Waals surface area contributed by atoms with Crippen molar-refractivity contribution in [3.05, 3.63) is 90.1 Å². The van der Waals surface area contributed by atoms with E-state index in [1.807, 2.05) is 72.8 Å². The maximum Gasteiger partial charge on any atom is 0.337 e. The van der Waals surface area contributed by atoms with E-state index >= 15 is 0 Å². The molecule has 0 saturated carbocycles. The number of H-pyrrole nitrogens is 1. The number of carboxylic acids is 1. The highest BCUT2D eigenvalue weighted by atomic mass is 16.5. The average Bonchev–Trinajstić information content (AvgIpc) is 3.11. The highest BCUT2D eigenvalue weighted by Crippen LogP contribution is 2.29. The summed E-state index contributed by atoms with van der Waals surface area (Å²) in [7, 11) is 0. The van der Waals surface area contributed by atoms with E-state index in [4.69, 9.17) is 4.74 Å². The van der Waals surface area contributed by atoms with Crippen molar-refractivity contribution in [2.75, 3.05) is 0 Å². The van der Waals surface area contributed by atoms with E-state index < -0.39 is 5.97 Å². The van der Waals surface area contributed by atoms with Crippen LogP contribution in [0, 0.1) is 0 Å². The van der Waals surface area contributed by atoms with Crippen molar-refractivity contribution in [1.82, 2.24) is 4.98 Å². The zero-order valence-corrected chi connectivity index (χ0v) is 14.0. The molecule has 0 aliphatic rings. The molecule has 0 saturated heterocycles. The number of nitrogens with one attached hydrogen (secondary N) is 1. The third-order valence-corrected chi connectivity index (χ3v) is 4.33. The fourth-order valence-electron chi connectivity index (χ4n) is 2.98. The van der Waals surface area contributed by atoms with Crippen LogP contribution in [0.15, 0.2) is 79.0 Å². The minimum atomic E-state index is -0.937. The van der Waals surface area contributed by atoms with Gasteiger partial charge in [0, 0.05) is 17.1 Å². The van der Waals surface area contributed by atoms with Crippen LogP contribution in [0.4, 0.5) is 0 Å². The van der Waals surface area contributed by atoms with Crippen molar-refractivity contribution in [1.29, 1.82) is 0 Å². The summed E-state index contributed by atoms with van der Waals surface area (Å²) in [6.45, 7) is 0.504. The van der Waals surface area contributed by atoms with Crippen LogP contribution in [0.1, 0.15) is 15.9 Å². The summed E-state index contributed by atoms with van der Waals surface area (Å²) in [6, 6.07) is 23.6. The lowest BCUT2D eigenvalue weighted by Crippen LogP contribution is -1.95. The Morgan fingerprint density at radius 1 is 0.923 bits per heavy atom. The lowest BCUT2D eigenvalue weighted by molar-refractivity contribution is 0.0699. The molecule has 26 heavy (non-hydrogen) atoms. The monoisotopic (exact) mass is 343 g/mol. The largest absolute Gasteiger partial charge is 0.489 e. The third-order valence-electron chi connectivity index (χ3n) is 4.33. The molecular weight excluding hydrogens is 326 g/mol. The Bertz CT molecular complexity index is 1070. The smallest absolute Gasteiger partial charge is 0.337 e. The third kappa shape index (κ3) is 3.17. The van der Waals surface area contributed by atoms with Gasteiger partial charge in [-0.3, -0.25) is 0 Å². The number of ether oxygens (including phenoxy) is 1. The Kier molecular flexibility index (Phi) is 4.15.